The first-order valence-electron chi connectivity index (χ1n) is 12.2. The predicted molar refractivity (Wildman–Crippen MR) is 130 cm³/mol. The molecule has 2 bridgehead atoms. The fraction of sp³-hybridized carbons (Fsp3) is 0.481. The van der Waals surface area contributed by atoms with Crippen LogP contribution in [0.2, 0.25) is 0 Å². The van der Waals surface area contributed by atoms with Crippen molar-refractivity contribution in [1.29, 1.82) is 0 Å². The Morgan fingerprint density at radius 1 is 1.03 bits per heavy atom. The van der Waals surface area contributed by atoms with E-state index in [4.69, 9.17) is 5.73 Å². The number of hydrogen-bond donors (Lipinski definition) is 3. The second-order valence-corrected chi connectivity index (χ2v) is 9.54. The first-order valence-corrected chi connectivity index (χ1v) is 12.2. The molecule has 0 spiro atoms. The molecule has 2 aromatic rings. The molecular formula is C27H35N3O4. The van der Waals surface area contributed by atoms with E-state index in [1.54, 1.807) is 11.0 Å². The van der Waals surface area contributed by atoms with Crippen molar-refractivity contribution in [3.05, 3.63) is 71.3 Å². The van der Waals surface area contributed by atoms with E-state index >= 15 is 0 Å². The highest BCUT2D eigenvalue weighted by Crippen LogP contribution is 2.43. The molecule has 0 unspecified atom stereocenters. The van der Waals surface area contributed by atoms with Crippen molar-refractivity contribution in [3.8, 4) is 0 Å². The third-order valence-corrected chi connectivity index (χ3v) is 7.44. The molecule has 2 saturated heterocycles. The van der Waals surface area contributed by atoms with Gasteiger partial charge in [0.15, 0.2) is 6.10 Å². The average Bonchev–Trinajstić information content (AvgIpc) is 3.10. The van der Waals surface area contributed by atoms with Crippen LogP contribution in [-0.2, 0) is 11.2 Å². The molecule has 34 heavy (non-hydrogen) atoms. The SMILES string of the molecule is NC(=O)c1cccc([C@H]2C[C@H]3CC[C@@H](C2)N3CCN(CCc2ccccc2)C(=O)[C@@H](O)CO)c1. The van der Waals surface area contributed by atoms with Gasteiger partial charge < -0.3 is 20.8 Å². The number of hydrogen-bond acceptors (Lipinski definition) is 5. The van der Waals surface area contributed by atoms with Gasteiger partial charge in [-0.25, -0.2) is 0 Å². The molecule has 0 saturated carbocycles. The normalized spacial score (nSPS) is 22.9. The molecule has 182 valence electrons. The van der Waals surface area contributed by atoms with Crippen LogP contribution in [0.4, 0.5) is 0 Å². The van der Waals surface area contributed by atoms with Crippen LogP contribution in [0.25, 0.3) is 0 Å². The summed E-state index contributed by atoms with van der Waals surface area (Å²) in [7, 11) is 0. The zero-order valence-electron chi connectivity index (χ0n) is 19.6. The van der Waals surface area contributed by atoms with Gasteiger partial charge in [-0.1, -0.05) is 42.5 Å². The standard InChI is InChI=1S/C27H35N3O4/c28-26(33)21-8-4-7-20(15-21)22-16-23-9-10-24(17-22)30(23)14-13-29(27(34)25(32)18-31)12-11-19-5-2-1-3-6-19/h1-8,15,22-25,31-32H,9-14,16-18H2,(H2,28,33)/t22-,23+,24-,25-/m0/s1. The molecule has 7 nitrogen and oxygen atoms in total. The maximum Gasteiger partial charge on any atom is 0.253 e. The molecule has 2 fully saturated rings. The largest absolute Gasteiger partial charge is 0.393 e. The van der Waals surface area contributed by atoms with E-state index in [1.165, 1.54) is 5.56 Å². The summed E-state index contributed by atoms with van der Waals surface area (Å²) in [5, 5.41) is 19.3. The lowest BCUT2D eigenvalue weighted by atomic mass is 9.84. The summed E-state index contributed by atoms with van der Waals surface area (Å²) >= 11 is 0. The maximum absolute atomic E-state index is 12.7. The molecular weight excluding hydrogens is 430 g/mol. The number of rotatable bonds is 10. The molecule has 2 heterocycles. The Labute approximate surface area is 201 Å². The topological polar surface area (TPSA) is 107 Å². The van der Waals surface area contributed by atoms with Crippen LogP contribution in [-0.4, -0.2) is 76.3 Å². The predicted octanol–water partition coefficient (Wildman–Crippen LogP) is 1.92. The summed E-state index contributed by atoms with van der Waals surface area (Å²) < 4.78 is 0. The van der Waals surface area contributed by atoms with E-state index in [0.29, 0.717) is 43.1 Å². The monoisotopic (exact) mass is 465 g/mol. The smallest absolute Gasteiger partial charge is 0.253 e. The molecule has 4 rings (SSSR count). The fourth-order valence-electron chi connectivity index (χ4n) is 5.62. The minimum absolute atomic E-state index is 0.396. The quantitative estimate of drug-likeness (QED) is 0.497. The third kappa shape index (κ3) is 5.66. The number of nitrogens with zero attached hydrogens (tertiary/aromatic N) is 2. The fourth-order valence-corrected chi connectivity index (χ4v) is 5.62. The van der Waals surface area contributed by atoms with Crippen LogP contribution in [0.1, 0.15) is 53.1 Å². The molecule has 2 aliphatic rings. The number of benzene rings is 2. The molecule has 4 atom stereocenters. The van der Waals surface area contributed by atoms with E-state index in [0.717, 1.165) is 37.8 Å². The van der Waals surface area contributed by atoms with Crippen molar-refractivity contribution in [2.45, 2.75) is 56.2 Å². The van der Waals surface area contributed by atoms with Gasteiger partial charge in [0.1, 0.15) is 0 Å². The highest BCUT2D eigenvalue weighted by atomic mass is 16.3. The lowest BCUT2D eigenvalue weighted by Gasteiger charge is -2.40. The summed E-state index contributed by atoms with van der Waals surface area (Å²) in [5.74, 6) is -0.406. The van der Waals surface area contributed by atoms with Gasteiger partial charge in [0, 0.05) is 37.3 Å². The zero-order chi connectivity index (χ0) is 24.1. The Morgan fingerprint density at radius 2 is 1.74 bits per heavy atom. The molecule has 2 amide bonds. The van der Waals surface area contributed by atoms with Crippen molar-refractivity contribution in [2.75, 3.05) is 26.2 Å². The van der Waals surface area contributed by atoms with E-state index in [2.05, 4.69) is 11.0 Å². The first kappa shape index (κ1) is 24.4. The molecule has 2 aromatic carbocycles. The van der Waals surface area contributed by atoms with Crippen LogP contribution in [0.5, 0.6) is 0 Å². The summed E-state index contributed by atoms with van der Waals surface area (Å²) in [5.41, 5.74) is 8.35. The Morgan fingerprint density at radius 3 is 2.38 bits per heavy atom. The molecule has 4 N–H and O–H groups in total. The van der Waals surface area contributed by atoms with Gasteiger partial charge in [-0.15, -0.1) is 0 Å². The lowest BCUT2D eigenvalue weighted by molar-refractivity contribution is -0.142. The Balaban J connectivity index is 1.38. The van der Waals surface area contributed by atoms with Crippen LogP contribution in [0.3, 0.4) is 0 Å². The molecule has 0 aromatic heterocycles. The van der Waals surface area contributed by atoms with E-state index in [9.17, 15) is 19.8 Å². The van der Waals surface area contributed by atoms with E-state index in [1.807, 2.05) is 42.5 Å². The summed E-state index contributed by atoms with van der Waals surface area (Å²) in [4.78, 5) is 28.5. The van der Waals surface area contributed by atoms with Gasteiger partial charge in [-0.3, -0.25) is 14.5 Å². The van der Waals surface area contributed by atoms with Crippen molar-refractivity contribution >= 4 is 11.8 Å². The average molecular weight is 466 g/mol. The minimum Gasteiger partial charge on any atom is -0.393 e. The Hall–Kier alpha value is -2.74. The van der Waals surface area contributed by atoms with Crippen LogP contribution >= 0.6 is 0 Å². The number of amides is 2. The highest BCUT2D eigenvalue weighted by Gasteiger charge is 2.41. The van der Waals surface area contributed by atoms with E-state index in [-0.39, 0.29) is 0 Å². The van der Waals surface area contributed by atoms with Crippen LogP contribution < -0.4 is 5.73 Å². The maximum atomic E-state index is 12.7. The third-order valence-electron chi connectivity index (χ3n) is 7.44. The molecule has 0 radical (unpaired) electrons. The van der Waals surface area contributed by atoms with Crippen molar-refractivity contribution in [1.82, 2.24) is 9.80 Å². The number of carbonyl (C=O) groups excluding carboxylic acids is 2. The molecule has 0 aliphatic carbocycles. The lowest BCUT2D eigenvalue weighted by Crippen LogP contribution is -2.49. The van der Waals surface area contributed by atoms with Crippen molar-refractivity contribution < 1.29 is 19.8 Å². The van der Waals surface area contributed by atoms with Crippen molar-refractivity contribution in [2.24, 2.45) is 5.73 Å². The Bertz CT molecular complexity index is 969. The van der Waals surface area contributed by atoms with Crippen LogP contribution in [0, 0.1) is 0 Å². The number of piperidine rings is 1. The first-order chi connectivity index (χ1) is 16.5. The Kier molecular flexibility index (Phi) is 7.98. The highest BCUT2D eigenvalue weighted by molar-refractivity contribution is 5.92. The number of nitrogens with two attached hydrogens (primary N) is 1. The van der Waals surface area contributed by atoms with Crippen LogP contribution in [0.15, 0.2) is 54.6 Å². The molecule has 2 aliphatic heterocycles. The zero-order valence-corrected chi connectivity index (χ0v) is 19.6. The number of fused-ring (bicyclic) bond motifs is 2. The van der Waals surface area contributed by atoms with Gasteiger partial charge in [-0.2, -0.15) is 0 Å². The summed E-state index contributed by atoms with van der Waals surface area (Å²) in [6.07, 6.45) is 3.64. The van der Waals surface area contributed by atoms with E-state index < -0.39 is 24.5 Å². The van der Waals surface area contributed by atoms with Crippen molar-refractivity contribution in [3.63, 3.8) is 0 Å². The minimum atomic E-state index is -1.38. The van der Waals surface area contributed by atoms with Gasteiger partial charge >= 0.3 is 0 Å². The van der Waals surface area contributed by atoms with Gasteiger partial charge in [0.05, 0.1) is 6.61 Å². The summed E-state index contributed by atoms with van der Waals surface area (Å²) in [6, 6.07) is 18.6. The number of primary amides is 1. The number of aliphatic hydroxyl groups is 2. The molecule has 7 heteroatoms. The number of carbonyl (C=O) groups is 2. The second-order valence-electron chi connectivity index (χ2n) is 9.54. The summed E-state index contributed by atoms with van der Waals surface area (Å²) in [6.45, 7) is 1.22. The van der Waals surface area contributed by atoms with Gasteiger partial charge in [0.2, 0.25) is 5.91 Å². The van der Waals surface area contributed by atoms with Gasteiger partial charge in [-0.05, 0) is 61.3 Å². The number of aliphatic hydroxyl groups excluding tert-OH is 2. The second kappa shape index (κ2) is 11.1. The van der Waals surface area contributed by atoms with Gasteiger partial charge in [0.25, 0.3) is 5.91 Å².